The molecule has 2 atom stereocenters. The third kappa shape index (κ3) is 3.42. The lowest BCUT2D eigenvalue weighted by molar-refractivity contribution is -0.136. The van der Waals surface area contributed by atoms with Gasteiger partial charge in [-0.3, -0.25) is 14.5 Å². The van der Waals surface area contributed by atoms with Crippen LogP contribution < -0.4 is 10.6 Å². The number of benzene rings is 1. The quantitative estimate of drug-likeness (QED) is 0.628. The van der Waals surface area contributed by atoms with Gasteiger partial charge in [0.25, 0.3) is 5.91 Å². The van der Waals surface area contributed by atoms with E-state index in [-0.39, 0.29) is 29.8 Å². The van der Waals surface area contributed by atoms with Gasteiger partial charge in [0, 0.05) is 11.1 Å². The van der Waals surface area contributed by atoms with Crippen LogP contribution in [-0.2, 0) is 15.1 Å². The van der Waals surface area contributed by atoms with E-state index in [0.717, 1.165) is 22.7 Å². The molecule has 0 radical (unpaired) electrons. The molecule has 5 aliphatic rings. The molecule has 5 fully saturated rings. The van der Waals surface area contributed by atoms with E-state index in [0.29, 0.717) is 17.0 Å². The molecular formula is C25H32ClN3O3. The molecule has 1 saturated heterocycles. The standard InChI is InChI=1S/C25H32ClN3O3/c1-3-25(19-4-6-20(26)7-5-19)22(31)29(23(32)28-25)14-21(30)27-15(2)24-11-16-8-17(12-24)10-18(9-16)13-24/h4-7,15-18H,3,8-14H2,1-2H3,(H,27,30)(H,28,32)/t15-,16?,17?,18?,24?,25-/m0/s1. The maximum atomic E-state index is 13.3. The van der Waals surface area contributed by atoms with Crippen molar-refractivity contribution in [1.82, 2.24) is 15.5 Å². The Morgan fingerprint density at radius 3 is 2.22 bits per heavy atom. The summed E-state index contributed by atoms with van der Waals surface area (Å²) in [6, 6.07) is 6.44. The third-order valence-corrected chi connectivity index (χ3v) is 8.98. The van der Waals surface area contributed by atoms with Crippen LogP contribution in [0.3, 0.4) is 0 Å². The minimum atomic E-state index is -1.16. The average Bonchev–Trinajstić information content (AvgIpc) is 2.98. The van der Waals surface area contributed by atoms with Crippen LogP contribution in [0.1, 0.15) is 64.4 Å². The Labute approximate surface area is 194 Å². The first-order valence-electron chi connectivity index (χ1n) is 11.9. The van der Waals surface area contributed by atoms with Crippen molar-refractivity contribution >= 4 is 29.4 Å². The number of imide groups is 1. The maximum absolute atomic E-state index is 13.3. The van der Waals surface area contributed by atoms with Crippen molar-refractivity contribution in [3.8, 4) is 0 Å². The van der Waals surface area contributed by atoms with Gasteiger partial charge in [-0.15, -0.1) is 0 Å². The second kappa shape index (κ2) is 7.75. The zero-order chi connectivity index (χ0) is 22.7. The summed E-state index contributed by atoms with van der Waals surface area (Å²) < 4.78 is 0. The van der Waals surface area contributed by atoms with Crippen molar-refractivity contribution in [2.24, 2.45) is 23.2 Å². The van der Waals surface area contributed by atoms with Crippen molar-refractivity contribution < 1.29 is 14.4 Å². The Bertz CT molecular complexity index is 911. The van der Waals surface area contributed by atoms with Crippen molar-refractivity contribution in [3.63, 3.8) is 0 Å². The SMILES string of the molecule is CC[C@@]1(c2ccc(Cl)cc2)NC(=O)N(CC(=O)N[C@@H](C)C23CC4CC(CC(C4)C2)C3)C1=O. The second-order valence-electron chi connectivity index (χ2n) is 10.7. The van der Waals surface area contributed by atoms with Gasteiger partial charge < -0.3 is 10.6 Å². The highest BCUT2D eigenvalue weighted by molar-refractivity contribution is 6.30. The van der Waals surface area contributed by atoms with Crippen molar-refractivity contribution in [1.29, 1.82) is 0 Å². The number of carbonyl (C=O) groups is 3. The van der Waals surface area contributed by atoms with Crippen LogP contribution >= 0.6 is 11.6 Å². The van der Waals surface area contributed by atoms with Crippen LogP contribution in [0.15, 0.2) is 24.3 Å². The summed E-state index contributed by atoms with van der Waals surface area (Å²) in [6.07, 6.45) is 8.03. The van der Waals surface area contributed by atoms with Gasteiger partial charge in [0.2, 0.25) is 5.91 Å². The third-order valence-electron chi connectivity index (χ3n) is 8.73. The van der Waals surface area contributed by atoms with Gasteiger partial charge >= 0.3 is 6.03 Å². The fourth-order valence-corrected chi connectivity index (χ4v) is 7.56. The molecule has 1 heterocycles. The molecule has 1 aromatic carbocycles. The molecule has 32 heavy (non-hydrogen) atoms. The molecule has 4 aliphatic carbocycles. The molecule has 7 heteroatoms. The Kier molecular flexibility index (Phi) is 5.27. The monoisotopic (exact) mass is 457 g/mol. The smallest absolute Gasteiger partial charge is 0.325 e. The largest absolute Gasteiger partial charge is 0.352 e. The Balaban J connectivity index is 1.28. The van der Waals surface area contributed by atoms with Crippen LogP contribution in [0, 0.1) is 23.2 Å². The normalized spacial score (nSPS) is 36.3. The van der Waals surface area contributed by atoms with Gasteiger partial charge in [0.15, 0.2) is 0 Å². The van der Waals surface area contributed by atoms with Gasteiger partial charge in [0.05, 0.1) is 0 Å². The number of hydrogen-bond donors (Lipinski definition) is 2. The van der Waals surface area contributed by atoms with Crippen molar-refractivity contribution in [3.05, 3.63) is 34.9 Å². The number of nitrogens with one attached hydrogen (secondary N) is 2. The predicted molar refractivity (Wildman–Crippen MR) is 122 cm³/mol. The zero-order valence-electron chi connectivity index (χ0n) is 18.8. The van der Waals surface area contributed by atoms with E-state index < -0.39 is 11.6 Å². The predicted octanol–water partition coefficient (Wildman–Crippen LogP) is 4.22. The summed E-state index contributed by atoms with van der Waals surface area (Å²) in [5.41, 5.74) is -0.307. The summed E-state index contributed by atoms with van der Waals surface area (Å²) in [5.74, 6) is 1.76. The van der Waals surface area contributed by atoms with Crippen molar-refractivity contribution in [2.75, 3.05) is 6.54 Å². The number of nitrogens with zero attached hydrogens (tertiary/aromatic N) is 1. The molecule has 4 saturated carbocycles. The molecular weight excluding hydrogens is 426 g/mol. The number of hydrogen-bond acceptors (Lipinski definition) is 3. The minimum absolute atomic E-state index is 0.0522. The summed E-state index contributed by atoms with van der Waals surface area (Å²) in [5, 5.41) is 6.56. The first-order valence-corrected chi connectivity index (χ1v) is 12.3. The molecule has 4 amide bonds. The lowest BCUT2D eigenvalue weighted by atomic mass is 9.48. The maximum Gasteiger partial charge on any atom is 0.325 e. The first kappa shape index (κ1) is 21.7. The summed E-state index contributed by atoms with van der Waals surface area (Å²) in [7, 11) is 0. The Morgan fingerprint density at radius 1 is 1.12 bits per heavy atom. The van der Waals surface area contributed by atoms with E-state index in [4.69, 9.17) is 11.6 Å². The highest BCUT2D eigenvalue weighted by Gasteiger charge is 2.54. The van der Waals surface area contributed by atoms with E-state index in [9.17, 15) is 14.4 Å². The molecule has 0 spiro atoms. The molecule has 2 N–H and O–H groups in total. The van der Waals surface area contributed by atoms with Crippen LogP contribution in [0.25, 0.3) is 0 Å². The van der Waals surface area contributed by atoms with E-state index >= 15 is 0 Å². The van der Waals surface area contributed by atoms with Gasteiger partial charge in [-0.1, -0.05) is 30.7 Å². The number of carbonyl (C=O) groups excluding carboxylic acids is 3. The van der Waals surface area contributed by atoms with Crippen LogP contribution in [0.4, 0.5) is 4.79 Å². The molecule has 1 aromatic rings. The molecule has 172 valence electrons. The van der Waals surface area contributed by atoms with E-state index in [1.807, 2.05) is 6.92 Å². The number of halogens is 1. The van der Waals surface area contributed by atoms with Gasteiger partial charge in [-0.25, -0.2) is 4.79 Å². The summed E-state index contributed by atoms with van der Waals surface area (Å²) >= 11 is 5.99. The fourth-order valence-electron chi connectivity index (χ4n) is 7.44. The van der Waals surface area contributed by atoms with E-state index in [1.165, 1.54) is 38.5 Å². The highest BCUT2D eigenvalue weighted by Crippen LogP contribution is 2.61. The topological polar surface area (TPSA) is 78.5 Å². The Hall–Kier alpha value is -2.08. The fraction of sp³-hybridized carbons (Fsp3) is 0.640. The van der Waals surface area contributed by atoms with Gasteiger partial charge in [-0.2, -0.15) is 0 Å². The Morgan fingerprint density at radius 2 is 1.69 bits per heavy atom. The molecule has 0 unspecified atom stereocenters. The average molecular weight is 458 g/mol. The van der Waals surface area contributed by atoms with E-state index in [1.54, 1.807) is 24.3 Å². The summed E-state index contributed by atoms with van der Waals surface area (Å²) in [6.45, 7) is 3.71. The van der Waals surface area contributed by atoms with Crippen LogP contribution in [0.5, 0.6) is 0 Å². The number of urea groups is 1. The molecule has 0 aromatic heterocycles. The number of rotatable bonds is 6. The molecule has 6 nitrogen and oxygen atoms in total. The molecule has 4 bridgehead atoms. The minimum Gasteiger partial charge on any atom is -0.352 e. The first-order chi connectivity index (χ1) is 15.2. The molecule has 6 rings (SSSR count). The van der Waals surface area contributed by atoms with Gasteiger partial charge in [-0.05, 0) is 92.7 Å². The van der Waals surface area contributed by atoms with Crippen LogP contribution in [0.2, 0.25) is 5.02 Å². The zero-order valence-corrected chi connectivity index (χ0v) is 19.6. The summed E-state index contributed by atoms with van der Waals surface area (Å²) in [4.78, 5) is 40.1. The highest BCUT2D eigenvalue weighted by atomic mass is 35.5. The lowest BCUT2D eigenvalue weighted by Gasteiger charge is -2.59. The van der Waals surface area contributed by atoms with E-state index in [2.05, 4.69) is 17.6 Å². The second-order valence-corrected chi connectivity index (χ2v) is 11.1. The van der Waals surface area contributed by atoms with Crippen LogP contribution in [-0.4, -0.2) is 35.3 Å². The number of amides is 4. The molecule has 1 aliphatic heterocycles. The van der Waals surface area contributed by atoms with Gasteiger partial charge in [0.1, 0.15) is 12.1 Å². The van der Waals surface area contributed by atoms with Crippen molar-refractivity contribution in [2.45, 2.75) is 70.4 Å². The lowest BCUT2D eigenvalue weighted by Crippen LogP contribution is -2.57.